The number of benzene rings is 1. The van der Waals surface area contributed by atoms with Gasteiger partial charge in [-0.05, 0) is 39.5 Å². The van der Waals surface area contributed by atoms with Crippen molar-refractivity contribution in [1.82, 2.24) is 0 Å². The van der Waals surface area contributed by atoms with Crippen LogP contribution in [-0.4, -0.2) is 0 Å². The lowest BCUT2D eigenvalue weighted by Crippen LogP contribution is -2.20. The molecule has 0 aromatic heterocycles. The van der Waals surface area contributed by atoms with Gasteiger partial charge < -0.3 is 0 Å². The molecule has 0 amide bonds. The smallest absolute Gasteiger partial charge is 0.00329 e. The zero-order chi connectivity index (χ0) is 14.0. The molecule has 2 aliphatic rings. The molecule has 19 heavy (non-hydrogen) atoms. The molecule has 3 rings (SSSR count). The van der Waals surface area contributed by atoms with E-state index in [-0.39, 0.29) is 10.8 Å². The molecule has 2 aliphatic carbocycles. The molecule has 0 saturated heterocycles. The SMILES string of the molecule is CC(C)(C)c1ccc(C(C)(C)C)c2c1C1C=CC2C1. The molecule has 0 nitrogen and oxygen atoms in total. The first-order chi connectivity index (χ1) is 8.69. The molecule has 0 radical (unpaired) electrons. The first kappa shape index (κ1) is 13.0. The van der Waals surface area contributed by atoms with Crippen molar-refractivity contribution < 1.29 is 0 Å². The lowest BCUT2D eigenvalue weighted by atomic mass is 9.73. The summed E-state index contributed by atoms with van der Waals surface area (Å²) in [5.41, 5.74) is 6.94. The Labute approximate surface area is 117 Å². The van der Waals surface area contributed by atoms with Crippen LogP contribution >= 0.6 is 0 Å². The van der Waals surface area contributed by atoms with Crippen molar-refractivity contribution in [2.24, 2.45) is 0 Å². The van der Waals surface area contributed by atoms with E-state index in [0.29, 0.717) is 11.8 Å². The highest BCUT2D eigenvalue weighted by Crippen LogP contribution is 2.54. The summed E-state index contributed by atoms with van der Waals surface area (Å²) >= 11 is 0. The average molecular weight is 254 g/mol. The van der Waals surface area contributed by atoms with E-state index in [4.69, 9.17) is 0 Å². The standard InChI is InChI=1S/C19H26/c1-18(2,3)14-9-10-15(19(4,5)6)17-13-8-7-12(11-13)16(14)17/h7-10,12-13H,11H2,1-6H3. The minimum absolute atomic E-state index is 0.249. The summed E-state index contributed by atoms with van der Waals surface area (Å²) < 4.78 is 0. The third-order valence-electron chi connectivity index (χ3n) is 4.73. The van der Waals surface area contributed by atoms with Gasteiger partial charge in [-0.3, -0.25) is 0 Å². The van der Waals surface area contributed by atoms with Crippen molar-refractivity contribution in [3.63, 3.8) is 0 Å². The highest BCUT2D eigenvalue weighted by molar-refractivity contribution is 5.58. The fourth-order valence-corrected chi connectivity index (χ4v) is 3.87. The number of fused-ring (bicyclic) bond motifs is 5. The summed E-state index contributed by atoms with van der Waals surface area (Å²) in [5.74, 6) is 1.35. The third kappa shape index (κ3) is 1.88. The normalized spacial score (nSPS) is 24.9. The molecule has 0 N–H and O–H groups in total. The number of hydrogen-bond acceptors (Lipinski definition) is 0. The van der Waals surface area contributed by atoms with Crippen LogP contribution in [0.5, 0.6) is 0 Å². The van der Waals surface area contributed by atoms with E-state index in [2.05, 4.69) is 65.8 Å². The molecule has 0 heterocycles. The van der Waals surface area contributed by atoms with Crippen molar-refractivity contribution in [2.75, 3.05) is 0 Å². The lowest BCUT2D eigenvalue weighted by Gasteiger charge is -2.31. The number of hydrogen-bond donors (Lipinski definition) is 0. The molecule has 2 atom stereocenters. The zero-order valence-corrected chi connectivity index (χ0v) is 13.2. The van der Waals surface area contributed by atoms with Crippen molar-refractivity contribution in [3.8, 4) is 0 Å². The second-order valence-electron chi connectivity index (χ2n) is 8.32. The van der Waals surface area contributed by atoms with Gasteiger partial charge in [0.1, 0.15) is 0 Å². The first-order valence-corrected chi connectivity index (χ1v) is 7.55. The molecule has 2 unspecified atom stereocenters. The Morgan fingerprint density at radius 2 is 1.11 bits per heavy atom. The third-order valence-corrected chi connectivity index (χ3v) is 4.73. The Bertz CT molecular complexity index is 498. The van der Waals surface area contributed by atoms with Crippen molar-refractivity contribution in [2.45, 2.75) is 70.6 Å². The van der Waals surface area contributed by atoms with Crippen molar-refractivity contribution in [3.05, 3.63) is 46.5 Å². The van der Waals surface area contributed by atoms with Crippen LogP contribution in [0.15, 0.2) is 24.3 Å². The molecule has 2 bridgehead atoms. The van der Waals surface area contributed by atoms with Crippen LogP contribution in [0.2, 0.25) is 0 Å². The van der Waals surface area contributed by atoms with Gasteiger partial charge in [-0.25, -0.2) is 0 Å². The van der Waals surface area contributed by atoms with E-state index >= 15 is 0 Å². The van der Waals surface area contributed by atoms with E-state index in [1.807, 2.05) is 0 Å². The monoisotopic (exact) mass is 254 g/mol. The molecule has 0 spiro atoms. The molecule has 1 aromatic rings. The van der Waals surface area contributed by atoms with Crippen LogP contribution < -0.4 is 0 Å². The van der Waals surface area contributed by atoms with Gasteiger partial charge in [-0.1, -0.05) is 65.8 Å². The van der Waals surface area contributed by atoms with Crippen LogP contribution in [0.1, 0.15) is 82.1 Å². The Balaban J connectivity index is 2.28. The summed E-state index contributed by atoms with van der Waals surface area (Å²) in [7, 11) is 0. The van der Waals surface area contributed by atoms with Crippen LogP contribution in [0, 0.1) is 0 Å². The number of rotatable bonds is 0. The quantitative estimate of drug-likeness (QED) is 0.542. The van der Waals surface area contributed by atoms with Gasteiger partial charge in [-0.2, -0.15) is 0 Å². The molecule has 1 aromatic carbocycles. The second-order valence-corrected chi connectivity index (χ2v) is 8.32. The number of allylic oxidation sites excluding steroid dienone is 2. The molecule has 0 saturated carbocycles. The van der Waals surface area contributed by atoms with Gasteiger partial charge in [0.05, 0.1) is 0 Å². The van der Waals surface area contributed by atoms with Gasteiger partial charge in [0.15, 0.2) is 0 Å². The maximum absolute atomic E-state index is 2.44. The summed E-state index contributed by atoms with van der Waals surface area (Å²) in [6, 6.07) is 4.79. The first-order valence-electron chi connectivity index (χ1n) is 7.55. The highest BCUT2D eigenvalue weighted by atomic mass is 14.4. The fourth-order valence-electron chi connectivity index (χ4n) is 3.87. The van der Waals surface area contributed by atoms with Crippen LogP contribution in [0.3, 0.4) is 0 Å². The van der Waals surface area contributed by atoms with Crippen LogP contribution in [0.4, 0.5) is 0 Å². The molecular weight excluding hydrogens is 228 g/mol. The molecule has 0 heteroatoms. The van der Waals surface area contributed by atoms with Gasteiger partial charge in [0.2, 0.25) is 0 Å². The zero-order valence-electron chi connectivity index (χ0n) is 13.2. The van der Waals surface area contributed by atoms with Crippen LogP contribution in [-0.2, 0) is 10.8 Å². The average Bonchev–Trinajstić information content (AvgIpc) is 2.85. The molecule has 102 valence electrons. The predicted octanol–water partition coefficient (Wildman–Crippen LogP) is 5.42. The lowest BCUT2D eigenvalue weighted by molar-refractivity contribution is 0.566. The topological polar surface area (TPSA) is 0 Å². The Morgan fingerprint density at radius 3 is 1.42 bits per heavy atom. The van der Waals surface area contributed by atoms with Gasteiger partial charge in [-0.15, -0.1) is 0 Å². The van der Waals surface area contributed by atoms with E-state index < -0.39 is 0 Å². The summed E-state index contributed by atoms with van der Waals surface area (Å²) in [6.45, 7) is 14.1. The largest absolute Gasteiger partial charge is 0.0803 e. The fraction of sp³-hybridized carbons (Fsp3) is 0.579. The highest BCUT2D eigenvalue weighted by Gasteiger charge is 2.39. The summed E-state index contributed by atoms with van der Waals surface area (Å²) in [5, 5.41) is 0. The Hall–Kier alpha value is -1.04. The van der Waals surface area contributed by atoms with Crippen LogP contribution in [0.25, 0.3) is 0 Å². The van der Waals surface area contributed by atoms with Gasteiger partial charge in [0, 0.05) is 11.8 Å². The predicted molar refractivity (Wildman–Crippen MR) is 83.1 cm³/mol. The van der Waals surface area contributed by atoms with Crippen molar-refractivity contribution >= 4 is 0 Å². The summed E-state index contributed by atoms with van der Waals surface area (Å²) in [6.07, 6.45) is 6.19. The van der Waals surface area contributed by atoms with E-state index in [0.717, 1.165) is 0 Å². The maximum atomic E-state index is 2.44. The Kier molecular flexibility index (Phi) is 2.56. The Morgan fingerprint density at radius 1 is 0.737 bits per heavy atom. The van der Waals surface area contributed by atoms with Gasteiger partial charge in [0.25, 0.3) is 0 Å². The minimum atomic E-state index is 0.249. The van der Waals surface area contributed by atoms with Crippen molar-refractivity contribution in [1.29, 1.82) is 0 Å². The second kappa shape index (κ2) is 3.75. The molecule has 0 aliphatic heterocycles. The van der Waals surface area contributed by atoms with E-state index in [9.17, 15) is 0 Å². The summed E-state index contributed by atoms with van der Waals surface area (Å²) in [4.78, 5) is 0. The minimum Gasteiger partial charge on any atom is -0.0803 e. The molecule has 0 fully saturated rings. The molecular formula is C19H26. The van der Waals surface area contributed by atoms with Gasteiger partial charge >= 0.3 is 0 Å². The maximum Gasteiger partial charge on any atom is 0.00329 e. The van der Waals surface area contributed by atoms with E-state index in [1.165, 1.54) is 6.42 Å². The van der Waals surface area contributed by atoms with E-state index in [1.54, 1.807) is 22.3 Å².